The summed E-state index contributed by atoms with van der Waals surface area (Å²) in [4.78, 5) is 25.5. The molecule has 0 aliphatic carbocycles. The Bertz CT molecular complexity index is 377. The molecule has 0 saturated carbocycles. The smallest absolute Gasteiger partial charge is 0.311 e. The fourth-order valence-corrected chi connectivity index (χ4v) is 2.69. The summed E-state index contributed by atoms with van der Waals surface area (Å²) in [5.41, 5.74) is 1.17. The Hall–Kier alpha value is -1.36. The minimum absolute atomic E-state index is 0.0142. The van der Waals surface area contributed by atoms with Gasteiger partial charge in [0.2, 0.25) is 5.91 Å². The summed E-state index contributed by atoms with van der Waals surface area (Å²) in [6.07, 6.45) is 3.05. The van der Waals surface area contributed by atoms with Crippen molar-refractivity contribution in [3.8, 4) is 0 Å². The van der Waals surface area contributed by atoms with E-state index in [0.717, 1.165) is 6.42 Å². The monoisotopic (exact) mass is 253 g/mol. The van der Waals surface area contributed by atoms with Gasteiger partial charge in [0, 0.05) is 26.1 Å². The van der Waals surface area contributed by atoms with Crippen LogP contribution < -0.4 is 0 Å². The fraction of sp³-hybridized carbons (Fsp3) is 0.692. The number of carbonyl (C=O) groups is 2. The number of hydrogen-bond donors (Lipinski definition) is 0. The average Bonchev–Trinajstić information content (AvgIpc) is 2.88. The van der Waals surface area contributed by atoms with E-state index in [-0.39, 0.29) is 23.8 Å². The minimum atomic E-state index is -0.300. The zero-order chi connectivity index (χ0) is 13.1. The van der Waals surface area contributed by atoms with Gasteiger partial charge in [0.05, 0.1) is 19.1 Å². The van der Waals surface area contributed by atoms with Crippen LogP contribution in [0.5, 0.6) is 0 Å². The van der Waals surface area contributed by atoms with Gasteiger partial charge in [-0.05, 0) is 13.3 Å². The van der Waals surface area contributed by atoms with Crippen LogP contribution in [0.2, 0.25) is 0 Å². The quantitative estimate of drug-likeness (QED) is 0.548. The number of fused-ring (bicyclic) bond motifs is 1. The minimum Gasteiger partial charge on any atom is -0.466 e. The molecule has 2 heterocycles. The molecule has 1 amide bonds. The summed E-state index contributed by atoms with van der Waals surface area (Å²) >= 11 is 0. The third kappa shape index (κ3) is 2.41. The predicted octanol–water partition coefficient (Wildman–Crippen LogP) is 0.743. The van der Waals surface area contributed by atoms with E-state index in [0.29, 0.717) is 26.2 Å². The zero-order valence-corrected chi connectivity index (χ0v) is 10.8. The Balaban J connectivity index is 2.06. The first-order valence-electron chi connectivity index (χ1n) is 6.30. The van der Waals surface area contributed by atoms with Crippen molar-refractivity contribution in [2.24, 2.45) is 5.92 Å². The molecule has 2 saturated heterocycles. The number of rotatable bonds is 4. The Morgan fingerprint density at radius 2 is 2.28 bits per heavy atom. The third-order valence-electron chi connectivity index (χ3n) is 3.55. The SMILES string of the molecule is CCOC(=O)[C@H]1CC(=O)N2C/C(=C\COC)CC12. The second kappa shape index (κ2) is 5.52. The lowest BCUT2D eigenvalue weighted by molar-refractivity contribution is -0.148. The van der Waals surface area contributed by atoms with E-state index < -0.39 is 0 Å². The molecule has 5 heteroatoms. The van der Waals surface area contributed by atoms with Crippen LogP contribution in [-0.4, -0.2) is 49.7 Å². The average molecular weight is 253 g/mol. The molecular formula is C13H19NO4. The molecular weight excluding hydrogens is 234 g/mol. The second-order valence-corrected chi connectivity index (χ2v) is 4.67. The molecule has 0 spiro atoms. The largest absolute Gasteiger partial charge is 0.466 e. The molecule has 0 aromatic carbocycles. The van der Waals surface area contributed by atoms with Crippen molar-refractivity contribution < 1.29 is 19.1 Å². The van der Waals surface area contributed by atoms with Gasteiger partial charge in [0.15, 0.2) is 0 Å². The molecule has 18 heavy (non-hydrogen) atoms. The number of methoxy groups -OCH3 is 1. The first-order valence-corrected chi connectivity index (χ1v) is 6.30. The highest BCUT2D eigenvalue weighted by Gasteiger charge is 2.47. The molecule has 1 unspecified atom stereocenters. The van der Waals surface area contributed by atoms with Crippen molar-refractivity contribution in [3.05, 3.63) is 11.6 Å². The van der Waals surface area contributed by atoms with Crippen molar-refractivity contribution in [1.29, 1.82) is 0 Å². The standard InChI is InChI=1S/C13H19NO4/c1-3-18-13(16)10-7-12(15)14-8-9(4-5-17-2)6-11(10)14/h4,10-11H,3,5-8H2,1-2H3/b9-4-/t10-,11?/m0/s1. The normalized spacial score (nSPS) is 28.9. The number of hydrogen-bond acceptors (Lipinski definition) is 4. The Morgan fingerprint density at radius 3 is 2.94 bits per heavy atom. The second-order valence-electron chi connectivity index (χ2n) is 4.67. The van der Waals surface area contributed by atoms with Gasteiger partial charge < -0.3 is 14.4 Å². The summed E-state index contributed by atoms with van der Waals surface area (Å²) < 4.78 is 10.0. The van der Waals surface area contributed by atoms with E-state index in [1.54, 1.807) is 18.9 Å². The number of ether oxygens (including phenoxy) is 2. The van der Waals surface area contributed by atoms with Gasteiger partial charge >= 0.3 is 5.97 Å². The van der Waals surface area contributed by atoms with Gasteiger partial charge in [0.25, 0.3) is 0 Å². The fourth-order valence-electron chi connectivity index (χ4n) is 2.69. The molecule has 0 aromatic rings. The van der Waals surface area contributed by atoms with Crippen molar-refractivity contribution in [2.75, 3.05) is 26.9 Å². The molecule has 2 aliphatic heterocycles. The molecule has 100 valence electrons. The number of esters is 1. The molecule has 0 N–H and O–H groups in total. The van der Waals surface area contributed by atoms with Crippen LogP contribution in [0.4, 0.5) is 0 Å². The van der Waals surface area contributed by atoms with Gasteiger partial charge in [-0.3, -0.25) is 9.59 Å². The summed E-state index contributed by atoms with van der Waals surface area (Å²) in [5, 5.41) is 0. The number of amides is 1. The lowest BCUT2D eigenvalue weighted by Gasteiger charge is -2.17. The maximum absolute atomic E-state index is 11.9. The third-order valence-corrected chi connectivity index (χ3v) is 3.55. The highest BCUT2D eigenvalue weighted by Crippen LogP contribution is 2.36. The van der Waals surface area contributed by atoms with Crippen LogP contribution in [0, 0.1) is 5.92 Å². The van der Waals surface area contributed by atoms with E-state index in [2.05, 4.69) is 0 Å². The lowest BCUT2D eigenvalue weighted by Crippen LogP contribution is -2.32. The maximum atomic E-state index is 11.9. The van der Waals surface area contributed by atoms with E-state index in [9.17, 15) is 9.59 Å². The van der Waals surface area contributed by atoms with Crippen LogP contribution in [0.25, 0.3) is 0 Å². The predicted molar refractivity (Wildman–Crippen MR) is 64.8 cm³/mol. The zero-order valence-electron chi connectivity index (χ0n) is 10.8. The Labute approximate surface area is 107 Å². The maximum Gasteiger partial charge on any atom is 0.311 e. The summed E-state index contributed by atoms with van der Waals surface area (Å²) in [5.74, 6) is -0.490. The number of nitrogens with zero attached hydrogens (tertiary/aromatic N) is 1. The summed E-state index contributed by atoms with van der Waals surface area (Å²) in [6.45, 7) is 3.32. The summed E-state index contributed by atoms with van der Waals surface area (Å²) in [6, 6.07) is -0.0142. The molecule has 2 fully saturated rings. The summed E-state index contributed by atoms with van der Waals surface area (Å²) in [7, 11) is 1.64. The highest BCUT2D eigenvalue weighted by atomic mass is 16.5. The van der Waals surface area contributed by atoms with E-state index in [1.165, 1.54) is 5.57 Å². The van der Waals surface area contributed by atoms with Gasteiger partial charge in [-0.2, -0.15) is 0 Å². The van der Waals surface area contributed by atoms with Gasteiger partial charge in [-0.25, -0.2) is 0 Å². The topological polar surface area (TPSA) is 55.8 Å². The van der Waals surface area contributed by atoms with E-state index in [4.69, 9.17) is 9.47 Å². The first-order chi connectivity index (χ1) is 8.67. The van der Waals surface area contributed by atoms with E-state index in [1.807, 2.05) is 6.08 Å². The molecule has 2 rings (SSSR count). The first kappa shape index (κ1) is 13.1. The molecule has 2 atom stereocenters. The van der Waals surface area contributed by atoms with Crippen LogP contribution in [-0.2, 0) is 19.1 Å². The molecule has 0 bridgehead atoms. The number of carbonyl (C=O) groups excluding carboxylic acids is 2. The molecule has 5 nitrogen and oxygen atoms in total. The van der Waals surface area contributed by atoms with Gasteiger partial charge in [0.1, 0.15) is 0 Å². The van der Waals surface area contributed by atoms with Crippen LogP contribution in [0.15, 0.2) is 11.6 Å². The molecule has 2 aliphatic rings. The Morgan fingerprint density at radius 1 is 1.50 bits per heavy atom. The van der Waals surface area contributed by atoms with Crippen LogP contribution >= 0.6 is 0 Å². The van der Waals surface area contributed by atoms with Crippen molar-refractivity contribution >= 4 is 11.9 Å². The van der Waals surface area contributed by atoms with Gasteiger partial charge in [-0.15, -0.1) is 0 Å². The molecule has 0 radical (unpaired) electrons. The van der Waals surface area contributed by atoms with E-state index >= 15 is 0 Å². The van der Waals surface area contributed by atoms with Crippen LogP contribution in [0.1, 0.15) is 19.8 Å². The van der Waals surface area contributed by atoms with Crippen LogP contribution in [0.3, 0.4) is 0 Å². The van der Waals surface area contributed by atoms with Crippen molar-refractivity contribution in [1.82, 2.24) is 4.90 Å². The Kier molecular flexibility index (Phi) is 4.01. The molecule has 0 aromatic heterocycles. The lowest BCUT2D eigenvalue weighted by atomic mass is 9.97. The van der Waals surface area contributed by atoms with Crippen molar-refractivity contribution in [2.45, 2.75) is 25.8 Å². The van der Waals surface area contributed by atoms with Crippen molar-refractivity contribution in [3.63, 3.8) is 0 Å². The highest BCUT2D eigenvalue weighted by molar-refractivity contribution is 5.88. The van der Waals surface area contributed by atoms with Gasteiger partial charge in [-0.1, -0.05) is 11.6 Å².